The molecule has 2 fully saturated rings. The smallest absolute Gasteiger partial charge is 0.124 e. The minimum absolute atomic E-state index is 0.209. The first-order chi connectivity index (χ1) is 16.6. The van der Waals surface area contributed by atoms with E-state index in [0.717, 1.165) is 17.4 Å². The van der Waals surface area contributed by atoms with Gasteiger partial charge in [0, 0.05) is 6.04 Å². The molecule has 4 atom stereocenters. The van der Waals surface area contributed by atoms with Crippen LogP contribution in [-0.2, 0) is 0 Å². The molecule has 4 heteroatoms. The number of hydrogen-bond donors (Lipinski definition) is 1. The van der Waals surface area contributed by atoms with E-state index in [1.54, 1.807) is 14.2 Å². The van der Waals surface area contributed by atoms with E-state index in [-0.39, 0.29) is 6.04 Å². The third kappa shape index (κ3) is 5.01. The summed E-state index contributed by atoms with van der Waals surface area (Å²) in [7, 11) is 2.99. The van der Waals surface area contributed by atoms with E-state index in [1.165, 1.54) is 71.4 Å². The second-order valence-corrected chi connectivity index (χ2v) is 14.2. The highest BCUT2D eigenvalue weighted by Crippen LogP contribution is 2.59. The van der Waals surface area contributed by atoms with Crippen LogP contribution in [0.15, 0.2) is 24.3 Å². The van der Waals surface area contributed by atoms with Crippen LogP contribution in [-0.4, -0.2) is 25.9 Å². The predicted octanol–water partition coefficient (Wildman–Crippen LogP) is 6.69. The highest BCUT2D eigenvalue weighted by molar-refractivity contribution is 7.73. The fourth-order valence-electron chi connectivity index (χ4n) is 7.38. The molecule has 192 valence electrons. The average Bonchev–Trinajstić information content (AvgIpc) is 3.42. The van der Waals surface area contributed by atoms with Crippen molar-refractivity contribution in [1.29, 1.82) is 0 Å². The maximum Gasteiger partial charge on any atom is 0.124 e. The van der Waals surface area contributed by atoms with Crippen LogP contribution in [0.3, 0.4) is 0 Å². The van der Waals surface area contributed by atoms with E-state index in [9.17, 15) is 0 Å². The van der Waals surface area contributed by atoms with Gasteiger partial charge in [0.1, 0.15) is 11.5 Å². The first-order valence-electron chi connectivity index (χ1n) is 13.4. The molecular formula is C31H46NO2P. The molecule has 0 aliphatic heterocycles. The van der Waals surface area contributed by atoms with Crippen LogP contribution >= 0.6 is 7.92 Å². The van der Waals surface area contributed by atoms with Crippen LogP contribution in [0.25, 0.3) is 0 Å². The summed E-state index contributed by atoms with van der Waals surface area (Å²) in [6, 6.07) is 9.80. The molecule has 0 bridgehead atoms. The van der Waals surface area contributed by atoms with Gasteiger partial charge in [-0.05, 0) is 148 Å². The molecule has 0 spiro atoms. The Balaban J connectivity index is 1.86. The molecule has 0 radical (unpaired) electrons. The summed E-state index contributed by atoms with van der Waals surface area (Å²) in [5.74, 6) is 3.35. The Kier molecular flexibility index (Phi) is 7.89. The first kappa shape index (κ1) is 26.5. The van der Waals surface area contributed by atoms with Crippen LogP contribution in [0.1, 0.15) is 74.6 Å². The number of ether oxygens (including phenoxy) is 2. The zero-order valence-corrected chi connectivity index (χ0v) is 24.1. The van der Waals surface area contributed by atoms with Crippen molar-refractivity contribution in [3.63, 3.8) is 0 Å². The van der Waals surface area contributed by atoms with Crippen LogP contribution < -0.4 is 25.8 Å². The lowest BCUT2D eigenvalue weighted by Crippen LogP contribution is -2.35. The SMILES string of the molecule is COc1c(C)cc(P(c2cc(C)c(OC)c(C)c2)C2C[C@H](C3(C)CCCC3)CC2[C@@H](C)N)cc1C. The van der Waals surface area contributed by atoms with Crippen LogP contribution in [0, 0.1) is 44.9 Å². The Morgan fingerprint density at radius 2 is 1.26 bits per heavy atom. The Labute approximate surface area is 214 Å². The van der Waals surface area contributed by atoms with Crippen molar-refractivity contribution in [2.75, 3.05) is 14.2 Å². The van der Waals surface area contributed by atoms with E-state index < -0.39 is 7.92 Å². The first-order valence-corrected chi connectivity index (χ1v) is 14.9. The van der Waals surface area contributed by atoms with E-state index in [0.29, 0.717) is 17.0 Å². The fraction of sp³-hybridized carbons (Fsp3) is 0.613. The molecule has 2 aromatic rings. The highest BCUT2D eigenvalue weighted by Gasteiger charge is 2.48. The topological polar surface area (TPSA) is 44.5 Å². The third-order valence-electron chi connectivity index (χ3n) is 9.17. The molecule has 0 heterocycles. The fourth-order valence-corrected chi connectivity index (χ4v) is 11.0. The van der Waals surface area contributed by atoms with Gasteiger partial charge in [0.15, 0.2) is 0 Å². The van der Waals surface area contributed by atoms with Gasteiger partial charge in [-0.25, -0.2) is 0 Å². The molecule has 35 heavy (non-hydrogen) atoms. The molecule has 0 amide bonds. The molecule has 2 aromatic carbocycles. The quantitative estimate of drug-likeness (QED) is 0.435. The molecular weight excluding hydrogens is 449 g/mol. The van der Waals surface area contributed by atoms with E-state index >= 15 is 0 Å². The maximum absolute atomic E-state index is 6.77. The zero-order valence-electron chi connectivity index (χ0n) is 23.2. The number of benzene rings is 2. The highest BCUT2D eigenvalue weighted by atomic mass is 31.1. The van der Waals surface area contributed by atoms with Gasteiger partial charge in [-0.3, -0.25) is 0 Å². The largest absolute Gasteiger partial charge is 0.496 e. The Morgan fingerprint density at radius 3 is 1.63 bits per heavy atom. The van der Waals surface area contributed by atoms with Crippen LogP contribution in [0.4, 0.5) is 0 Å². The normalized spacial score (nSPS) is 24.7. The van der Waals surface area contributed by atoms with Gasteiger partial charge in [0.25, 0.3) is 0 Å². The van der Waals surface area contributed by atoms with Gasteiger partial charge in [-0.15, -0.1) is 0 Å². The minimum atomic E-state index is -0.578. The van der Waals surface area contributed by atoms with Gasteiger partial charge >= 0.3 is 0 Å². The summed E-state index contributed by atoms with van der Waals surface area (Å²) in [5, 5.41) is 2.93. The summed E-state index contributed by atoms with van der Waals surface area (Å²) < 4.78 is 11.5. The van der Waals surface area contributed by atoms with Gasteiger partial charge in [0.05, 0.1) is 14.2 Å². The lowest BCUT2D eigenvalue weighted by atomic mass is 9.74. The Hall–Kier alpha value is -1.57. The second-order valence-electron chi connectivity index (χ2n) is 11.7. The van der Waals surface area contributed by atoms with Crippen molar-refractivity contribution >= 4 is 18.5 Å². The predicted molar refractivity (Wildman–Crippen MR) is 151 cm³/mol. The summed E-state index contributed by atoms with van der Waals surface area (Å²) >= 11 is 0. The number of hydrogen-bond acceptors (Lipinski definition) is 3. The molecule has 0 saturated heterocycles. The van der Waals surface area contributed by atoms with Gasteiger partial charge < -0.3 is 15.2 Å². The van der Waals surface area contributed by atoms with Gasteiger partial charge in [-0.1, -0.05) is 19.8 Å². The number of aryl methyl sites for hydroxylation is 4. The molecule has 3 nitrogen and oxygen atoms in total. The molecule has 2 saturated carbocycles. The van der Waals surface area contributed by atoms with Gasteiger partial charge in [-0.2, -0.15) is 0 Å². The standard InChI is InChI=1S/C31H46NO2P/c1-19-13-25(14-20(2)29(19)33-7)35(26-15-21(3)30(34-8)22(4)16-26)28-18-24(17-27(28)23(5)32)31(6)11-9-10-12-31/h13-16,23-24,27-28H,9-12,17-18,32H2,1-8H3/t23-,24-,27?,28?/m1/s1. The van der Waals surface area contributed by atoms with E-state index in [2.05, 4.69) is 65.8 Å². The second kappa shape index (κ2) is 10.4. The van der Waals surface area contributed by atoms with Crippen molar-refractivity contribution in [3.8, 4) is 11.5 Å². The molecule has 2 aliphatic carbocycles. The third-order valence-corrected chi connectivity index (χ3v) is 12.1. The minimum Gasteiger partial charge on any atom is -0.496 e. The van der Waals surface area contributed by atoms with Crippen molar-refractivity contribution in [2.45, 2.75) is 91.8 Å². The van der Waals surface area contributed by atoms with E-state index in [1.807, 2.05) is 0 Å². The zero-order chi connectivity index (χ0) is 25.5. The molecule has 2 N–H and O–H groups in total. The van der Waals surface area contributed by atoms with Crippen molar-refractivity contribution in [1.82, 2.24) is 0 Å². The lowest BCUT2D eigenvalue weighted by molar-refractivity contribution is 0.190. The van der Waals surface area contributed by atoms with Gasteiger partial charge in [0.2, 0.25) is 0 Å². The maximum atomic E-state index is 6.77. The molecule has 2 aliphatic rings. The number of rotatable bonds is 7. The summed E-state index contributed by atoms with van der Waals surface area (Å²) in [6.45, 7) is 13.6. The number of nitrogens with two attached hydrogens (primary N) is 1. The summed E-state index contributed by atoms with van der Waals surface area (Å²) in [6.07, 6.45) is 8.12. The monoisotopic (exact) mass is 495 g/mol. The average molecular weight is 496 g/mol. The molecule has 4 rings (SSSR count). The summed E-state index contributed by atoms with van der Waals surface area (Å²) in [5.41, 5.74) is 12.8. The Morgan fingerprint density at radius 1 is 0.829 bits per heavy atom. The molecule has 2 unspecified atom stereocenters. The lowest BCUT2D eigenvalue weighted by Gasteiger charge is -2.34. The number of methoxy groups -OCH3 is 2. The Bertz CT molecular complexity index is 950. The van der Waals surface area contributed by atoms with E-state index in [4.69, 9.17) is 15.2 Å². The van der Waals surface area contributed by atoms with Crippen molar-refractivity contribution < 1.29 is 9.47 Å². The molecule has 0 aromatic heterocycles. The summed E-state index contributed by atoms with van der Waals surface area (Å²) in [4.78, 5) is 0. The van der Waals surface area contributed by atoms with Crippen molar-refractivity contribution in [3.05, 3.63) is 46.5 Å². The van der Waals surface area contributed by atoms with Crippen LogP contribution in [0.5, 0.6) is 11.5 Å². The van der Waals surface area contributed by atoms with Crippen LogP contribution in [0.2, 0.25) is 0 Å². The van der Waals surface area contributed by atoms with Crippen molar-refractivity contribution in [2.24, 2.45) is 23.0 Å².